The van der Waals surface area contributed by atoms with E-state index in [-0.39, 0.29) is 12.1 Å². The van der Waals surface area contributed by atoms with E-state index < -0.39 is 17.6 Å². The van der Waals surface area contributed by atoms with Crippen molar-refractivity contribution in [1.82, 2.24) is 9.38 Å². The number of imidazole rings is 1. The molecule has 0 saturated heterocycles. The molecule has 1 amide bonds. The third-order valence-electron chi connectivity index (χ3n) is 3.51. The highest BCUT2D eigenvalue weighted by Crippen LogP contribution is 2.34. The molecule has 2 aromatic heterocycles. The normalized spacial score (nSPS) is 11.7. The van der Waals surface area contributed by atoms with Gasteiger partial charge in [-0.1, -0.05) is 12.1 Å². The Kier molecular flexibility index (Phi) is 4.01. The molecule has 24 heavy (non-hydrogen) atoms. The SMILES string of the molecule is Cc1ccn2cc(CC(=O)Nc3ccccc3C(F)(F)F)nc2c1. The molecule has 0 aliphatic carbocycles. The second-order valence-corrected chi connectivity index (χ2v) is 5.47. The summed E-state index contributed by atoms with van der Waals surface area (Å²) in [6, 6.07) is 8.65. The molecule has 2 heterocycles. The number of nitrogens with zero attached hydrogens (tertiary/aromatic N) is 2. The van der Waals surface area contributed by atoms with Gasteiger partial charge in [-0.15, -0.1) is 0 Å². The Balaban J connectivity index is 1.78. The van der Waals surface area contributed by atoms with Crippen molar-refractivity contribution in [3.63, 3.8) is 0 Å². The van der Waals surface area contributed by atoms with E-state index in [0.717, 1.165) is 11.6 Å². The van der Waals surface area contributed by atoms with Crippen LogP contribution in [0, 0.1) is 6.92 Å². The van der Waals surface area contributed by atoms with E-state index in [1.54, 1.807) is 10.6 Å². The number of amides is 1. The maximum absolute atomic E-state index is 12.9. The fourth-order valence-corrected chi connectivity index (χ4v) is 2.42. The number of carbonyl (C=O) groups is 1. The number of fused-ring (bicyclic) bond motifs is 1. The summed E-state index contributed by atoms with van der Waals surface area (Å²) in [5.74, 6) is -0.549. The standard InChI is InChI=1S/C17H14F3N3O/c1-11-6-7-23-10-12(21-15(23)8-11)9-16(24)22-14-5-3-2-4-13(14)17(18,19)20/h2-8,10H,9H2,1H3,(H,22,24). The Bertz CT molecular complexity index is 899. The molecule has 124 valence electrons. The van der Waals surface area contributed by atoms with Gasteiger partial charge < -0.3 is 9.72 Å². The van der Waals surface area contributed by atoms with Crippen LogP contribution < -0.4 is 5.32 Å². The van der Waals surface area contributed by atoms with Gasteiger partial charge in [-0.25, -0.2) is 4.98 Å². The van der Waals surface area contributed by atoms with Gasteiger partial charge in [-0.05, 0) is 36.8 Å². The van der Waals surface area contributed by atoms with Crippen LogP contribution in [-0.4, -0.2) is 15.3 Å². The van der Waals surface area contributed by atoms with Gasteiger partial charge in [0.1, 0.15) is 5.65 Å². The Hall–Kier alpha value is -2.83. The number of aryl methyl sites for hydroxylation is 1. The molecule has 0 bridgehead atoms. The highest BCUT2D eigenvalue weighted by molar-refractivity contribution is 5.92. The Labute approximate surface area is 135 Å². The van der Waals surface area contributed by atoms with E-state index in [1.165, 1.54) is 18.2 Å². The first kappa shape index (κ1) is 16.0. The lowest BCUT2D eigenvalue weighted by molar-refractivity contribution is -0.137. The summed E-state index contributed by atoms with van der Waals surface area (Å²) < 4.78 is 40.6. The number of hydrogen-bond donors (Lipinski definition) is 1. The summed E-state index contributed by atoms with van der Waals surface area (Å²) in [6.07, 6.45) is -1.13. The van der Waals surface area contributed by atoms with Crippen molar-refractivity contribution >= 4 is 17.2 Å². The third-order valence-corrected chi connectivity index (χ3v) is 3.51. The summed E-state index contributed by atoms with van der Waals surface area (Å²) in [5, 5.41) is 2.31. The lowest BCUT2D eigenvalue weighted by Crippen LogP contribution is -2.18. The van der Waals surface area contributed by atoms with Gasteiger partial charge in [0, 0.05) is 12.4 Å². The van der Waals surface area contributed by atoms with Crippen LogP contribution in [0.5, 0.6) is 0 Å². The number of pyridine rings is 1. The molecule has 0 atom stereocenters. The molecule has 0 saturated carbocycles. The van der Waals surface area contributed by atoms with E-state index in [0.29, 0.717) is 11.3 Å². The van der Waals surface area contributed by atoms with Crippen LogP contribution in [0.25, 0.3) is 5.65 Å². The number of hydrogen-bond acceptors (Lipinski definition) is 2. The van der Waals surface area contributed by atoms with Crippen molar-refractivity contribution in [2.75, 3.05) is 5.32 Å². The molecular weight excluding hydrogens is 319 g/mol. The minimum absolute atomic E-state index is 0.104. The van der Waals surface area contributed by atoms with Crippen LogP contribution in [0.2, 0.25) is 0 Å². The molecule has 0 fully saturated rings. The first-order valence-corrected chi connectivity index (χ1v) is 7.23. The van der Waals surface area contributed by atoms with Gasteiger partial charge in [-0.3, -0.25) is 4.79 Å². The number of aromatic nitrogens is 2. The molecule has 0 radical (unpaired) electrons. The summed E-state index contributed by atoms with van der Waals surface area (Å²) in [4.78, 5) is 16.4. The average Bonchev–Trinajstić information content (AvgIpc) is 2.87. The second kappa shape index (κ2) is 5.99. The smallest absolute Gasteiger partial charge is 0.325 e. The Morgan fingerprint density at radius 3 is 2.75 bits per heavy atom. The number of benzene rings is 1. The summed E-state index contributed by atoms with van der Waals surface area (Å²) >= 11 is 0. The van der Waals surface area contributed by atoms with E-state index in [9.17, 15) is 18.0 Å². The molecule has 0 spiro atoms. The maximum Gasteiger partial charge on any atom is 0.418 e. The van der Waals surface area contributed by atoms with Crippen LogP contribution in [0.15, 0.2) is 48.8 Å². The zero-order chi connectivity index (χ0) is 17.3. The van der Waals surface area contributed by atoms with Gasteiger partial charge in [-0.2, -0.15) is 13.2 Å². The van der Waals surface area contributed by atoms with Crippen molar-refractivity contribution in [3.8, 4) is 0 Å². The number of anilines is 1. The quantitative estimate of drug-likeness (QED) is 0.791. The van der Waals surface area contributed by atoms with Crippen LogP contribution in [-0.2, 0) is 17.4 Å². The number of carbonyl (C=O) groups excluding carboxylic acids is 1. The van der Waals surface area contributed by atoms with E-state index >= 15 is 0 Å². The van der Waals surface area contributed by atoms with E-state index in [4.69, 9.17) is 0 Å². The second-order valence-electron chi connectivity index (χ2n) is 5.47. The fourth-order valence-electron chi connectivity index (χ4n) is 2.42. The van der Waals surface area contributed by atoms with Crippen molar-refractivity contribution in [3.05, 3.63) is 65.6 Å². The minimum Gasteiger partial charge on any atom is -0.325 e. The van der Waals surface area contributed by atoms with Gasteiger partial charge in [0.15, 0.2) is 0 Å². The number of halogens is 3. The fraction of sp³-hybridized carbons (Fsp3) is 0.176. The Morgan fingerprint density at radius 2 is 2.00 bits per heavy atom. The lowest BCUT2D eigenvalue weighted by Gasteiger charge is -2.13. The van der Waals surface area contributed by atoms with Gasteiger partial charge in [0.05, 0.1) is 23.4 Å². The van der Waals surface area contributed by atoms with E-state index in [1.807, 2.05) is 25.3 Å². The topological polar surface area (TPSA) is 46.4 Å². The number of alkyl halides is 3. The van der Waals surface area contributed by atoms with Gasteiger partial charge >= 0.3 is 6.18 Å². The molecule has 0 unspecified atom stereocenters. The van der Waals surface area contributed by atoms with Gasteiger partial charge in [0.2, 0.25) is 5.91 Å². The first-order chi connectivity index (χ1) is 11.3. The lowest BCUT2D eigenvalue weighted by atomic mass is 10.1. The highest BCUT2D eigenvalue weighted by Gasteiger charge is 2.33. The molecule has 4 nitrogen and oxygen atoms in total. The average molecular weight is 333 g/mol. The molecular formula is C17H14F3N3O. The maximum atomic E-state index is 12.9. The predicted molar refractivity (Wildman–Crippen MR) is 83.7 cm³/mol. The predicted octanol–water partition coefficient (Wildman–Crippen LogP) is 3.84. The first-order valence-electron chi connectivity index (χ1n) is 7.23. The summed E-state index contributed by atoms with van der Waals surface area (Å²) in [6.45, 7) is 1.93. The summed E-state index contributed by atoms with van der Waals surface area (Å²) in [5.41, 5.74) is 1.08. The van der Waals surface area contributed by atoms with Crippen LogP contribution in [0.1, 0.15) is 16.8 Å². The third kappa shape index (κ3) is 3.40. The molecule has 1 aromatic carbocycles. The van der Waals surface area contributed by atoms with Crippen molar-refractivity contribution in [2.24, 2.45) is 0 Å². The minimum atomic E-state index is -4.52. The molecule has 0 aliphatic rings. The van der Waals surface area contributed by atoms with E-state index in [2.05, 4.69) is 10.3 Å². The Morgan fingerprint density at radius 1 is 1.25 bits per heavy atom. The summed E-state index contributed by atoms with van der Waals surface area (Å²) in [7, 11) is 0. The largest absolute Gasteiger partial charge is 0.418 e. The van der Waals surface area contributed by atoms with Crippen LogP contribution >= 0.6 is 0 Å². The monoisotopic (exact) mass is 333 g/mol. The number of nitrogens with one attached hydrogen (secondary N) is 1. The zero-order valence-corrected chi connectivity index (χ0v) is 12.8. The van der Waals surface area contributed by atoms with Crippen LogP contribution in [0.3, 0.4) is 0 Å². The van der Waals surface area contributed by atoms with Crippen LogP contribution in [0.4, 0.5) is 18.9 Å². The molecule has 1 N–H and O–H groups in total. The van der Waals surface area contributed by atoms with Crippen molar-refractivity contribution in [1.29, 1.82) is 0 Å². The highest BCUT2D eigenvalue weighted by atomic mass is 19.4. The molecule has 0 aliphatic heterocycles. The number of rotatable bonds is 3. The zero-order valence-electron chi connectivity index (χ0n) is 12.8. The van der Waals surface area contributed by atoms with Gasteiger partial charge in [0.25, 0.3) is 0 Å². The van der Waals surface area contributed by atoms with Crippen molar-refractivity contribution in [2.45, 2.75) is 19.5 Å². The molecule has 7 heteroatoms. The number of para-hydroxylation sites is 1. The molecule has 3 rings (SSSR count). The molecule has 3 aromatic rings. The van der Waals surface area contributed by atoms with Crippen molar-refractivity contribution < 1.29 is 18.0 Å².